The first-order valence-electron chi connectivity index (χ1n) is 12.1. The summed E-state index contributed by atoms with van der Waals surface area (Å²) in [5, 5.41) is 28.1. The zero-order valence-electron chi connectivity index (χ0n) is 19.3. The van der Waals surface area contributed by atoms with E-state index >= 15 is 0 Å². The largest absolute Gasteiger partial charge is 0.388 e. The summed E-state index contributed by atoms with van der Waals surface area (Å²) in [6.07, 6.45) is 8.46. The quantitative estimate of drug-likeness (QED) is 0.452. The van der Waals surface area contributed by atoms with Crippen LogP contribution >= 0.6 is 0 Å². The lowest BCUT2D eigenvalue weighted by atomic mass is 9.68. The molecular formula is C24H42N2O4. The number of carbonyl (C=O) groups excluding carboxylic acids is 2. The average Bonchev–Trinajstić information content (AvgIpc) is 2.66. The highest BCUT2D eigenvalue weighted by Crippen LogP contribution is 2.42. The summed E-state index contributed by atoms with van der Waals surface area (Å²) < 4.78 is 0. The predicted molar refractivity (Wildman–Crippen MR) is 117 cm³/mol. The SMILES string of the molecule is CC(C)[C@@H](NC(=O)C1(C(=O)N[C@H](C(C)C)C2(O)CCC2)CCCCC1)C1(O)CCC1. The number of nitrogens with one attached hydrogen (secondary N) is 2. The number of carbonyl (C=O) groups is 2. The third-order valence-electron chi connectivity index (χ3n) is 8.08. The van der Waals surface area contributed by atoms with Crippen LogP contribution in [0.1, 0.15) is 98.3 Å². The molecule has 30 heavy (non-hydrogen) atoms. The highest BCUT2D eigenvalue weighted by Gasteiger charge is 2.53. The minimum Gasteiger partial charge on any atom is -0.388 e. The van der Waals surface area contributed by atoms with Gasteiger partial charge < -0.3 is 20.8 Å². The van der Waals surface area contributed by atoms with Crippen LogP contribution in [0.15, 0.2) is 0 Å². The van der Waals surface area contributed by atoms with Crippen LogP contribution < -0.4 is 10.6 Å². The molecule has 0 saturated heterocycles. The molecule has 6 nitrogen and oxygen atoms in total. The zero-order valence-corrected chi connectivity index (χ0v) is 19.3. The maximum atomic E-state index is 13.6. The van der Waals surface area contributed by atoms with Gasteiger partial charge in [-0.1, -0.05) is 47.0 Å². The number of rotatable bonds is 8. The Morgan fingerprint density at radius 1 is 0.633 bits per heavy atom. The Kier molecular flexibility index (Phi) is 6.88. The smallest absolute Gasteiger partial charge is 0.236 e. The maximum absolute atomic E-state index is 13.6. The molecule has 0 aromatic heterocycles. The Labute approximate surface area is 181 Å². The van der Waals surface area contributed by atoms with E-state index in [0.717, 1.165) is 32.1 Å². The van der Waals surface area contributed by atoms with E-state index in [9.17, 15) is 19.8 Å². The van der Waals surface area contributed by atoms with Crippen molar-refractivity contribution >= 4 is 11.8 Å². The van der Waals surface area contributed by atoms with Crippen LogP contribution in [0.25, 0.3) is 0 Å². The van der Waals surface area contributed by atoms with E-state index in [1.54, 1.807) is 0 Å². The van der Waals surface area contributed by atoms with Crippen LogP contribution in [0.3, 0.4) is 0 Å². The fraction of sp³-hybridized carbons (Fsp3) is 0.917. The lowest BCUT2D eigenvalue weighted by Crippen LogP contribution is -2.65. The Balaban J connectivity index is 1.80. The summed E-state index contributed by atoms with van der Waals surface area (Å²) >= 11 is 0. The molecule has 0 unspecified atom stereocenters. The van der Waals surface area contributed by atoms with Crippen LogP contribution in [-0.2, 0) is 9.59 Å². The highest BCUT2D eigenvalue weighted by molar-refractivity contribution is 6.05. The molecule has 3 aliphatic rings. The first-order chi connectivity index (χ1) is 14.0. The van der Waals surface area contributed by atoms with Crippen molar-refractivity contribution in [3.8, 4) is 0 Å². The van der Waals surface area contributed by atoms with Crippen LogP contribution in [0.4, 0.5) is 0 Å². The van der Waals surface area contributed by atoms with Gasteiger partial charge in [0.25, 0.3) is 0 Å². The van der Waals surface area contributed by atoms with Crippen molar-refractivity contribution in [2.24, 2.45) is 17.3 Å². The van der Waals surface area contributed by atoms with Gasteiger partial charge in [0.2, 0.25) is 11.8 Å². The minimum atomic E-state index is -1.11. The number of hydrogen-bond donors (Lipinski definition) is 4. The van der Waals surface area contributed by atoms with Gasteiger partial charge in [-0.3, -0.25) is 9.59 Å². The lowest BCUT2D eigenvalue weighted by Gasteiger charge is -2.48. The first-order valence-corrected chi connectivity index (χ1v) is 12.1. The topological polar surface area (TPSA) is 98.7 Å². The summed E-state index contributed by atoms with van der Waals surface area (Å²) in [7, 11) is 0. The first kappa shape index (κ1) is 23.5. The van der Waals surface area contributed by atoms with E-state index in [0.29, 0.717) is 38.5 Å². The second-order valence-electron chi connectivity index (χ2n) is 10.9. The molecule has 2 atom stereocenters. The van der Waals surface area contributed by atoms with Crippen LogP contribution in [0.5, 0.6) is 0 Å². The molecule has 2 amide bonds. The molecule has 3 rings (SSSR count). The molecule has 0 aliphatic heterocycles. The Bertz CT molecular complexity index is 583. The van der Waals surface area contributed by atoms with Crippen LogP contribution in [-0.4, -0.2) is 45.3 Å². The molecule has 0 heterocycles. The molecule has 0 bridgehead atoms. The van der Waals surface area contributed by atoms with Crippen molar-refractivity contribution < 1.29 is 19.8 Å². The van der Waals surface area contributed by atoms with Gasteiger partial charge in [0.1, 0.15) is 5.41 Å². The van der Waals surface area contributed by atoms with Crippen molar-refractivity contribution in [1.29, 1.82) is 0 Å². The maximum Gasteiger partial charge on any atom is 0.236 e. The number of aliphatic hydroxyl groups is 2. The van der Waals surface area contributed by atoms with Gasteiger partial charge in [-0.15, -0.1) is 0 Å². The molecule has 4 N–H and O–H groups in total. The Morgan fingerprint density at radius 3 is 1.27 bits per heavy atom. The van der Waals surface area contributed by atoms with Gasteiger partial charge in [0.15, 0.2) is 0 Å². The van der Waals surface area contributed by atoms with Crippen molar-refractivity contribution in [2.45, 2.75) is 122 Å². The normalized spacial score (nSPS) is 26.3. The monoisotopic (exact) mass is 422 g/mol. The summed E-state index contributed by atoms with van der Waals surface area (Å²) in [6, 6.07) is -0.691. The van der Waals surface area contributed by atoms with E-state index in [1.165, 1.54) is 0 Å². The van der Waals surface area contributed by atoms with Crippen LogP contribution in [0, 0.1) is 17.3 Å². The standard InChI is InChI=1S/C24H42N2O4/c1-16(2)18(23(29)12-8-13-23)25-20(27)22(10-6-5-7-11-22)21(28)26-19(17(3)4)24(30)14-9-15-24/h16-19,29-30H,5-15H2,1-4H3,(H,25,27)(H,26,28)/t18-,19-/m1/s1. The highest BCUT2D eigenvalue weighted by atomic mass is 16.3. The fourth-order valence-electron chi connectivity index (χ4n) is 5.81. The van der Waals surface area contributed by atoms with Gasteiger partial charge in [-0.05, 0) is 63.2 Å². The minimum absolute atomic E-state index is 0.0852. The van der Waals surface area contributed by atoms with Crippen molar-refractivity contribution in [3.63, 3.8) is 0 Å². The van der Waals surface area contributed by atoms with Crippen LogP contribution in [0.2, 0.25) is 0 Å². The fourth-order valence-corrected chi connectivity index (χ4v) is 5.81. The molecule has 3 fully saturated rings. The third kappa shape index (κ3) is 4.27. The van der Waals surface area contributed by atoms with E-state index in [2.05, 4.69) is 10.6 Å². The summed E-state index contributed by atoms with van der Waals surface area (Å²) in [6.45, 7) is 8.04. The van der Waals surface area contributed by atoms with Gasteiger partial charge >= 0.3 is 0 Å². The molecular weight excluding hydrogens is 380 g/mol. The summed E-state index contributed by atoms with van der Waals surface area (Å²) in [5.74, 6) is -0.326. The second-order valence-corrected chi connectivity index (χ2v) is 10.9. The number of hydrogen-bond acceptors (Lipinski definition) is 4. The molecule has 3 aliphatic carbocycles. The summed E-state index contributed by atoms with van der Waals surface area (Å²) in [5.41, 5.74) is -2.84. The average molecular weight is 423 g/mol. The molecule has 0 aromatic carbocycles. The molecule has 0 aromatic rings. The second kappa shape index (κ2) is 8.78. The van der Waals surface area contributed by atoms with Crippen molar-refractivity contribution in [1.82, 2.24) is 10.6 Å². The predicted octanol–water partition coefficient (Wildman–Crippen LogP) is 3.05. The zero-order chi connectivity index (χ0) is 22.2. The Morgan fingerprint density at radius 2 is 1.00 bits per heavy atom. The van der Waals surface area contributed by atoms with E-state index in [4.69, 9.17) is 0 Å². The molecule has 172 valence electrons. The summed E-state index contributed by atoms with van der Waals surface area (Å²) in [4.78, 5) is 27.2. The van der Waals surface area contributed by atoms with Gasteiger partial charge in [0, 0.05) is 0 Å². The van der Waals surface area contributed by atoms with Gasteiger partial charge in [-0.2, -0.15) is 0 Å². The molecule has 0 spiro atoms. The van der Waals surface area contributed by atoms with E-state index in [1.807, 2.05) is 27.7 Å². The van der Waals surface area contributed by atoms with E-state index < -0.39 is 16.6 Å². The van der Waals surface area contributed by atoms with E-state index in [-0.39, 0.29) is 35.7 Å². The van der Waals surface area contributed by atoms with Gasteiger partial charge in [-0.25, -0.2) is 0 Å². The Hall–Kier alpha value is -1.14. The third-order valence-corrected chi connectivity index (χ3v) is 8.08. The molecule has 0 radical (unpaired) electrons. The molecule has 6 heteroatoms. The van der Waals surface area contributed by atoms with Crippen molar-refractivity contribution in [3.05, 3.63) is 0 Å². The number of amides is 2. The van der Waals surface area contributed by atoms with Crippen molar-refractivity contribution in [2.75, 3.05) is 0 Å². The molecule has 3 saturated carbocycles. The lowest BCUT2D eigenvalue weighted by molar-refractivity contribution is -0.153. The van der Waals surface area contributed by atoms with Gasteiger partial charge in [0.05, 0.1) is 23.3 Å².